The Bertz CT molecular complexity index is 969. The van der Waals surface area contributed by atoms with Crippen molar-refractivity contribution in [3.8, 4) is 11.5 Å². The van der Waals surface area contributed by atoms with E-state index in [1.54, 1.807) is 30.3 Å². The summed E-state index contributed by atoms with van der Waals surface area (Å²) in [6, 6.07) is 12.3. The standard InChI is InChI=1S/C19H16ClF3N4O2/c20-8-9-24-19(28)27(14-4-2-1-3-5-14)11-13-7-6-12(10-15(13)21)17-25-26-18(29-17)16(22)23/h1-7,10,16H,8-9,11H2,(H,24,28). The summed E-state index contributed by atoms with van der Waals surface area (Å²) in [5, 5.41) is 9.37. The third-order valence-corrected chi connectivity index (χ3v) is 4.13. The minimum atomic E-state index is -2.91. The first-order chi connectivity index (χ1) is 14.0. The van der Waals surface area contributed by atoms with Crippen molar-refractivity contribution in [2.45, 2.75) is 13.0 Å². The van der Waals surface area contributed by atoms with Gasteiger partial charge in [0.25, 0.3) is 5.89 Å². The molecular formula is C19H16ClF3N4O2. The highest BCUT2D eigenvalue weighted by molar-refractivity contribution is 6.18. The fourth-order valence-corrected chi connectivity index (χ4v) is 2.65. The lowest BCUT2D eigenvalue weighted by Crippen LogP contribution is -2.40. The molecule has 1 heterocycles. The van der Waals surface area contributed by atoms with E-state index < -0.39 is 24.2 Å². The first-order valence-corrected chi connectivity index (χ1v) is 9.09. The highest BCUT2D eigenvalue weighted by atomic mass is 35.5. The summed E-state index contributed by atoms with van der Waals surface area (Å²) < 4.78 is 44.7. The van der Waals surface area contributed by atoms with E-state index >= 15 is 0 Å². The minimum Gasteiger partial charge on any atom is -0.415 e. The fraction of sp³-hybridized carbons (Fsp3) is 0.211. The monoisotopic (exact) mass is 424 g/mol. The number of rotatable bonds is 7. The van der Waals surface area contributed by atoms with E-state index in [0.29, 0.717) is 5.69 Å². The molecule has 6 nitrogen and oxygen atoms in total. The number of carbonyl (C=O) groups is 1. The van der Waals surface area contributed by atoms with Gasteiger partial charge in [-0.2, -0.15) is 8.78 Å². The zero-order valence-electron chi connectivity index (χ0n) is 15.0. The highest BCUT2D eigenvalue weighted by Gasteiger charge is 2.20. The number of amides is 2. The van der Waals surface area contributed by atoms with Crippen LogP contribution in [0.3, 0.4) is 0 Å². The first kappa shape index (κ1) is 20.7. The molecule has 0 fully saturated rings. The SMILES string of the molecule is O=C(NCCCl)N(Cc1ccc(-c2nnc(C(F)F)o2)cc1F)c1ccccc1. The van der Waals surface area contributed by atoms with E-state index in [1.165, 1.54) is 17.0 Å². The van der Waals surface area contributed by atoms with Crippen molar-refractivity contribution in [1.82, 2.24) is 15.5 Å². The van der Waals surface area contributed by atoms with Gasteiger partial charge in [-0.05, 0) is 24.3 Å². The summed E-state index contributed by atoms with van der Waals surface area (Å²) in [4.78, 5) is 13.9. The summed E-state index contributed by atoms with van der Waals surface area (Å²) in [5.41, 5.74) is 0.942. The summed E-state index contributed by atoms with van der Waals surface area (Å²) in [7, 11) is 0. The van der Waals surface area contributed by atoms with E-state index in [0.717, 1.165) is 6.07 Å². The second kappa shape index (κ2) is 9.42. The Morgan fingerprint density at radius 2 is 1.93 bits per heavy atom. The van der Waals surface area contributed by atoms with Crippen LogP contribution in [0.2, 0.25) is 0 Å². The summed E-state index contributed by atoms with van der Waals surface area (Å²) in [5.74, 6) is -1.46. The average molecular weight is 425 g/mol. The molecule has 0 spiro atoms. The number of hydrogen-bond acceptors (Lipinski definition) is 4. The zero-order chi connectivity index (χ0) is 20.8. The van der Waals surface area contributed by atoms with Gasteiger partial charge in [0.05, 0.1) is 6.54 Å². The van der Waals surface area contributed by atoms with Gasteiger partial charge < -0.3 is 9.73 Å². The summed E-state index contributed by atoms with van der Waals surface area (Å²) in [6.45, 7) is 0.200. The van der Waals surface area contributed by atoms with Crippen molar-refractivity contribution in [1.29, 1.82) is 0 Å². The predicted molar refractivity (Wildman–Crippen MR) is 101 cm³/mol. The molecule has 3 aromatic rings. The number of benzene rings is 2. The van der Waals surface area contributed by atoms with E-state index in [4.69, 9.17) is 16.0 Å². The van der Waals surface area contributed by atoms with Crippen LogP contribution in [0.25, 0.3) is 11.5 Å². The molecule has 0 bridgehead atoms. The number of urea groups is 1. The van der Waals surface area contributed by atoms with E-state index in [-0.39, 0.29) is 36.0 Å². The van der Waals surface area contributed by atoms with Crippen LogP contribution in [0, 0.1) is 5.82 Å². The van der Waals surface area contributed by atoms with Gasteiger partial charge >= 0.3 is 12.5 Å². The normalized spacial score (nSPS) is 10.9. The lowest BCUT2D eigenvalue weighted by atomic mass is 10.1. The molecule has 0 aliphatic carbocycles. The van der Waals surface area contributed by atoms with E-state index in [1.807, 2.05) is 0 Å². The molecule has 3 rings (SSSR count). The number of carbonyl (C=O) groups excluding carboxylic acids is 1. The van der Waals surface area contributed by atoms with Crippen molar-refractivity contribution in [3.63, 3.8) is 0 Å². The molecule has 0 saturated carbocycles. The maximum absolute atomic E-state index is 14.7. The molecule has 0 aliphatic rings. The maximum Gasteiger partial charge on any atom is 0.322 e. The second-order valence-corrected chi connectivity index (χ2v) is 6.27. The summed E-state index contributed by atoms with van der Waals surface area (Å²) >= 11 is 5.62. The maximum atomic E-state index is 14.7. The molecule has 0 aliphatic heterocycles. The smallest absolute Gasteiger partial charge is 0.322 e. The molecule has 2 aromatic carbocycles. The average Bonchev–Trinajstić information content (AvgIpc) is 3.22. The quantitative estimate of drug-likeness (QED) is 0.555. The van der Waals surface area contributed by atoms with Crippen molar-refractivity contribution < 1.29 is 22.4 Å². The predicted octanol–water partition coefficient (Wildman–Crippen LogP) is 4.77. The molecule has 29 heavy (non-hydrogen) atoms. The number of alkyl halides is 3. The molecule has 1 N–H and O–H groups in total. The van der Waals surface area contributed by atoms with Crippen LogP contribution in [0.15, 0.2) is 52.9 Å². The number of anilines is 1. The molecular weight excluding hydrogens is 409 g/mol. The van der Waals surface area contributed by atoms with Crippen LogP contribution < -0.4 is 10.2 Å². The van der Waals surface area contributed by atoms with Crippen molar-refractivity contribution in [2.24, 2.45) is 0 Å². The first-order valence-electron chi connectivity index (χ1n) is 8.56. The number of nitrogens with one attached hydrogen (secondary N) is 1. The fourth-order valence-electron chi connectivity index (χ4n) is 2.56. The van der Waals surface area contributed by atoms with Crippen molar-refractivity contribution >= 4 is 23.3 Å². The summed E-state index contributed by atoms with van der Waals surface area (Å²) in [6.07, 6.45) is -2.91. The van der Waals surface area contributed by atoms with Gasteiger partial charge in [-0.1, -0.05) is 24.3 Å². The number of aromatic nitrogens is 2. The molecule has 0 atom stereocenters. The number of hydrogen-bond donors (Lipinski definition) is 1. The molecule has 10 heteroatoms. The van der Waals surface area contributed by atoms with Crippen LogP contribution in [0.1, 0.15) is 17.9 Å². The number of halogens is 4. The Morgan fingerprint density at radius 3 is 2.55 bits per heavy atom. The lowest BCUT2D eigenvalue weighted by Gasteiger charge is -2.23. The van der Waals surface area contributed by atoms with E-state index in [2.05, 4.69) is 15.5 Å². The third kappa shape index (κ3) is 5.05. The van der Waals surface area contributed by atoms with Crippen LogP contribution >= 0.6 is 11.6 Å². The Morgan fingerprint density at radius 1 is 1.17 bits per heavy atom. The van der Waals surface area contributed by atoms with Crippen LogP contribution in [-0.4, -0.2) is 28.7 Å². The third-order valence-electron chi connectivity index (χ3n) is 3.94. The Hall–Kier alpha value is -3.07. The number of para-hydroxylation sites is 1. The lowest BCUT2D eigenvalue weighted by molar-refractivity contribution is 0.116. The Labute approximate surface area is 169 Å². The molecule has 0 saturated heterocycles. The highest BCUT2D eigenvalue weighted by Crippen LogP contribution is 2.26. The van der Waals surface area contributed by atoms with Crippen LogP contribution in [-0.2, 0) is 6.54 Å². The second-order valence-electron chi connectivity index (χ2n) is 5.89. The minimum absolute atomic E-state index is 0.0592. The van der Waals surface area contributed by atoms with Crippen LogP contribution in [0.4, 0.5) is 23.7 Å². The van der Waals surface area contributed by atoms with Crippen LogP contribution in [0.5, 0.6) is 0 Å². The molecule has 1 aromatic heterocycles. The van der Waals surface area contributed by atoms with Crippen molar-refractivity contribution in [2.75, 3.05) is 17.3 Å². The van der Waals surface area contributed by atoms with E-state index in [9.17, 15) is 18.0 Å². The van der Waals surface area contributed by atoms with Gasteiger partial charge in [-0.25, -0.2) is 9.18 Å². The van der Waals surface area contributed by atoms with Crippen molar-refractivity contribution in [3.05, 3.63) is 65.8 Å². The molecule has 2 amide bonds. The topological polar surface area (TPSA) is 71.3 Å². The van der Waals surface area contributed by atoms with Gasteiger partial charge in [-0.15, -0.1) is 21.8 Å². The van der Waals surface area contributed by atoms with Gasteiger partial charge in [0.15, 0.2) is 0 Å². The molecule has 0 unspecified atom stereocenters. The zero-order valence-corrected chi connectivity index (χ0v) is 15.7. The molecule has 152 valence electrons. The Kier molecular flexibility index (Phi) is 6.71. The van der Waals surface area contributed by atoms with Gasteiger partial charge in [0, 0.05) is 29.2 Å². The van der Waals surface area contributed by atoms with Gasteiger partial charge in [-0.3, -0.25) is 4.90 Å². The van der Waals surface area contributed by atoms with Gasteiger partial charge in [0.1, 0.15) is 5.82 Å². The number of nitrogens with zero attached hydrogens (tertiary/aromatic N) is 3. The Balaban J connectivity index is 1.84. The molecule has 0 radical (unpaired) electrons. The largest absolute Gasteiger partial charge is 0.415 e. The van der Waals surface area contributed by atoms with Gasteiger partial charge in [0.2, 0.25) is 5.89 Å².